The van der Waals surface area contributed by atoms with Crippen molar-refractivity contribution in [3.8, 4) is 11.5 Å². The molecule has 0 bridgehead atoms. The van der Waals surface area contributed by atoms with Crippen LogP contribution in [0.15, 0.2) is 65.5 Å². The number of nitrogens with zero attached hydrogens (tertiary/aromatic N) is 1. The molecular weight excluding hydrogens is 452 g/mol. The summed E-state index contributed by atoms with van der Waals surface area (Å²) in [5.41, 5.74) is 5.90. The number of amides is 1. The molecule has 0 fully saturated rings. The summed E-state index contributed by atoms with van der Waals surface area (Å²) in [6.07, 6.45) is 0.599. The van der Waals surface area contributed by atoms with Crippen molar-refractivity contribution in [1.82, 2.24) is 9.88 Å². The van der Waals surface area contributed by atoms with Crippen LogP contribution in [0.1, 0.15) is 38.2 Å². The molecule has 1 heterocycles. The van der Waals surface area contributed by atoms with Gasteiger partial charge in [-0.15, -0.1) is 0 Å². The number of methoxy groups -OCH3 is 2. The number of fused-ring (bicyclic) bond motifs is 1. The molecule has 1 amide bonds. The van der Waals surface area contributed by atoms with Crippen molar-refractivity contribution in [2.45, 2.75) is 33.7 Å². The third-order valence-electron chi connectivity index (χ3n) is 6.51. The maximum atomic E-state index is 13.7. The molecule has 0 atom stereocenters. The van der Waals surface area contributed by atoms with Gasteiger partial charge < -0.3 is 19.4 Å². The molecule has 0 saturated heterocycles. The fraction of sp³-hybridized carbons (Fsp3) is 0.267. The Balaban J connectivity index is 1.68. The average Bonchev–Trinajstić information content (AvgIpc) is 2.87. The second kappa shape index (κ2) is 10.7. The third-order valence-corrected chi connectivity index (χ3v) is 6.51. The number of rotatable bonds is 8. The van der Waals surface area contributed by atoms with Crippen LogP contribution >= 0.6 is 0 Å². The molecule has 186 valence electrons. The summed E-state index contributed by atoms with van der Waals surface area (Å²) in [4.78, 5) is 31.5. The van der Waals surface area contributed by atoms with E-state index in [0.717, 1.165) is 33.2 Å². The van der Waals surface area contributed by atoms with E-state index in [1.807, 2.05) is 69.3 Å². The SMILES string of the molecule is COc1ccc(CCN(Cc2cc3cc(C)cc(C)c3[nH]c2=O)C(=O)c2ccccc2C)cc1OC. The van der Waals surface area contributed by atoms with Crippen LogP contribution in [0.25, 0.3) is 10.9 Å². The molecule has 0 aliphatic heterocycles. The Kier molecular flexibility index (Phi) is 7.44. The van der Waals surface area contributed by atoms with Crippen LogP contribution in [-0.4, -0.2) is 36.6 Å². The Morgan fingerprint density at radius 3 is 2.36 bits per heavy atom. The van der Waals surface area contributed by atoms with E-state index in [0.29, 0.717) is 35.6 Å². The molecule has 3 aromatic carbocycles. The van der Waals surface area contributed by atoms with Crippen LogP contribution in [0.4, 0.5) is 0 Å². The molecule has 0 aliphatic carbocycles. The number of aryl methyl sites for hydroxylation is 3. The van der Waals surface area contributed by atoms with Gasteiger partial charge in [-0.1, -0.05) is 35.9 Å². The van der Waals surface area contributed by atoms with Gasteiger partial charge in [-0.3, -0.25) is 9.59 Å². The molecule has 4 aromatic rings. The largest absolute Gasteiger partial charge is 0.493 e. The van der Waals surface area contributed by atoms with Crippen LogP contribution in [0.3, 0.4) is 0 Å². The highest BCUT2D eigenvalue weighted by Crippen LogP contribution is 2.28. The van der Waals surface area contributed by atoms with Crippen LogP contribution in [0.5, 0.6) is 11.5 Å². The number of ether oxygens (including phenoxy) is 2. The fourth-order valence-electron chi connectivity index (χ4n) is 4.59. The van der Waals surface area contributed by atoms with E-state index < -0.39 is 0 Å². The Morgan fingerprint density at radius 2 is 1.64 bits per heavy atom. The lowest BCUT2D eigenvalue weighted by Gasteiger charge is -2.24. The second-order valence-electron chi connectivity index (χ2n) is 9.15. The molecule has 0 saturated carbocycles. The number of pyridine rings is 1. The lowest BCUT2D eigenvalue weighted by atomic mass is 10.0. The van der Waals surface area contributed by atoms with E-state index in [1.54, 1.807) is 19.1 Å². The van der Waals surface area contributed by atoms with E-state index in [1.165, 1.54) is 0 Å². The molecule has 1 N–H and O–H groups in total. The van der Waals surface area contributed by atoms with Crippen molar-refractivity contribution in [2.75, 3.05) is 20.8 Å². The number of hydrogen-bond acceptors (Lipinski definition) is 4. The van der Waals surface area contributed by atoms with Gasteiger partial charge in [0.15, 0.2) is 11.5 Å². The molecule has 36 heavy (non-hydrogen) atoms. The molecule has 0 radical (unpaired) electrons. The Morgan fingerprint density at radius 1 is 0.889 bits per heavy atom. The molecule has 0 aliphatic rings. The molecule has 6 nitrogen and oxygen atoms in total. The van der Waals surface area contributed by atoms with Crippen molar-refractivity contribution in [1.29, 1.82) is 0 Å². The van der Waals surface area contributed by atoms with Gasteiger partial charge in [0.1, 0.15) is 0 Å². The smallest absolute Gasteiger partial charge is 0.254 e. The molecule has 1 aromatic heterocycles. The summed E-state index contributed by atoms with van der Waals surface area (Å²) >= 11 is 0. The van der Waals surface area contributed by atoms with E-state index in [2.05, 4.69) is 17.1 Å². The van der Waals surface area contributed by atoms with E-state index in [4.69, 9.17) is 9.47 Å². The average molecular weight is 485 g/mol. The Hall–Kier alpha value is -4.06. The summed E-state index contributed by atoms with van der Waals surface area (Å²) in [5.74, 6) is 1.19. The molecule has 0 unspecified atom stereocenters. The summed E-state index contributed by atoms with van der Waals surface area (Å²) in [6.45, 7) is 6.59. The van der Waals surface area contributed by atoms with Gasteiger partial charge >= 0.3 is 0 Å². The highest BCUT2D eigenvalue weighted by molar-refractivity contribution is 5.95. The summed E-state index contributed by atoms with van der Waals surface area (Å²) < 4.78 is 10.8. The number of benzene rings is 3. The van der Waals surface area contributed by atoms with Crippen LogP contribution in [0, 0.1) is 20.8 Å². The zero-order valence-electron chi connectivity index (χ0n) is 21.5. The minimum atomic E-state index is -0.178. The second-order valence-corrected chi connectivity index (χ2v) is 9.15. The zero-order valence-corrected chi connectivity index (χ0v) is 21.5. The lowest BCUT2D eigenvalue weighted by molar-refractivity contribution is 0.0744. The number of aromatic nitrogens is 1. The van der Waals surface area contributed by atoms with Gasteiger partial charge in [0.2, 0.25) is 0 Å². The van der Waals surface area contributed by atoms with Gasteiger partial charge in [-0.05, 0) is 79.6 Å². The molecular formula is C30H32N2O4. The maximum Gasteiger partial charge on any atom is 0.254 e. The molecule has 6 heteroatoms. The zero-order chi connectivity index (χ0) is 25.8. The van der Waals surface area contributed by atoms with Crippen molar-refractivity contribution in [2.24, 2.45) is 0 Å². The van der Waals surface area contributed by atoms with E-state index in [9.17, 15) is 9.59 Å². The van der Waals surface area contributed by atoms with Gasteiger partial charge in [0.25, 0.3) is 11.5 Å². The predicted octanol–water partition coefficient (Wildman–Crippen LogP) is 5.36. The van der Waals surface area contributed by atoms with Crippen molar-refractivity contribution in [3.63, 3.8) is 0 Å². The first-order valence-corrected chi connectivity index (χ1v) is 12.0. The van der Waals surface area contributed by atoms with E-state index >= 15 is 0 Å². The van der Waals surface area contributed by atoms with Gasteiger partial charge in [-0.2, -0.15) is 0 Å². The minimum absolute atomic E-state index is 0.103. The topological polar surface area (TPSA) is 71.6 Å². The van der Waals surface area contributed by atoms with Crippen LogP contribution in [0.2, 0.25) is 0 Å². The first-order valence-electron chi connectivity index (χ1n) is 12.0. The minimum Gasteiger partial charge on any atom is -0.493 e. The Labute approximate surface area is 211 Å². The standard InChI is InChI=1S/C30H32N2O4/c1-19-14-21(3)28-23(15-19)17-24(29(33)31-28)18-32(30(34)25-9-7-6-8-20(25)2)13-12-22-10-11-26(35-4)27(16-22)36-5/h6-11,14-17H,12-13,18H2,1-5H3,(H,31,33). The number of hydrogen-bond donors (Lipinski definition) is 1. The third kappa shape index (κ3) is 5.28. The van der Waals surface area contributed by atoms with Gasteiger partial charge in [-0.25, -0.2) is 0 Å². The quantitative estimate of drug-likeness (QED) is 0.366. The lowest BCUT2D eigenvalue weighted by Crippen LogP contribution is -2.35. The number of carbonyl (C=O) groups excluding carboxylic acids is 1. The van der Waals surface area contributed by atoms with Gasteiger partial charge in [0, 0.05) is 17.7 Å². The first-order chi connectivity index (χ1) is 17.3. The predicted molar refractivity (Wildman–Crippen MR) is 143 cm³/mol. The number of nitrogens with one attached hydrogen (secondary N) is 1. The first kappa shape index (κ1) is 25.0. The summed E-state index contributed by atoms with van der Waals surface area (Å²) in [5, 5.41) is 0.963. The highest BCUT2D eigenvalue weighted by Gasteiger charge is 2.20. The number of carbonyl (C=O) groups is 1. The summed E-state index contributed by atoms with van der Waals surface area (Å²) in [6, 6.07) is 19.3. The number of H-pyrrole nitrogens is 1. The molecule has 4 rings (SSSR count). The van der Waals surface area contributed by atoms with Crippen molar-refractivity contribution in [3.05, 3.63) is 104 Å². The fourth-order valence-corrected chi connectivity index (χ4v) is 4.59. The monoisotopic (exact) mass is 484 g/mol. The number of aromatic amines is 1. The van der Waals surface area contributed by atoms with E-state index in [-0.39, 0.29) is 18.0 Å². The summed E-state index contributed by atoms with van der Waals surface area (Å²) in [7, 11) is 3.20. The van der Waals surface area contributed by atoms with Crippen LogP contribution in [-0.2, 0) is 13.0 Å². The van der Waals surface area contributed by atoms with Crippen molar-refractivity contribution < 1.29 is 14.3 Å². The normalized spacial score (nSPS) is 10.9. The highest BCUT2D eigenvalue weighted by atomic mass is 16.5. The Bertz CT molecular complexity index is 1470. The molecule has 0 spiro atoms. The maximum absolute atomic E-state index is 13.7. The van der Waals surface area contributed by atoms with Crippen LogP contribution < -0.4 is 15.0 Å². The van der Waals surface area contributed by atoms with Crippen molar-refractivity contribution >= 4 is 16.8 Å². The van der Waals surface area contributed by atoms with Gasteiger partial charge in [0.05, 0.1) is 26.3 Å².